The molecule has 0 spiro atoms. The van der Waals surface area contributed by atoms with Crippen molar-refractivity contribution in [1.29, 1.82) is 0 Å². The van der Waals surface area contributed by atoms with Crippen LogP contribution in [0.2, 0.25) is 0 Å². The highest BCUT2D eigenvalue weighted by Crippen LogP contribution is 2.27. The number of aromatic hydroxyl groups is 1. The Labute approximate surface area is 129 Å². The second kappa shape index (κ2) is 6.58. The van der Waals surface area contributed by atoms with Gasteiger partial charge in [-0.25, -0.2) is 0 Å². The minimum Gasteiger partial charge on any atom is -0.504 e. The van der Waals surface area contributed by atoms with Gasteiger partial charge in [-0.1, -0.05) is 19.4 Å². The number of nitrogens with one attached hydrogen (secondary N) is 1. The number of nitrogens with zero attached hydrogens (tertiary/aromatic N) is 1. The number of thiocarbonyl (C=S) groups is 1. The smallest absolute Gasteiger partial charge is 0.276 e. The molecule has 0 unspecified atom stereocenters. The molecule has 0 aliphatic carbocycles. The summed E-state index contributed by atoms with van der Waals surface area (Å²) in [6.07, 6.45) is 3.57. The number of carbonyl (C=O) groups is 1. The lowest BCUT2D eigenvalue weighted by atomic mass is 10.1. The van der Waals surface area contributed by atoms with Crippen LogP contribution in [0.25, 0.3) is 6.08 Å². The van der Waals surface area contributed by atoms with Crippen LogP contribution in [-0.2, 0) is 4.79 Å². The molecule has 0 bridgehead atoms. The monoisotopic (exact) mass is 306 g/mol. The van der Waals surface area contributed by atoms with Crippen LogP contribution in [0, 0.1) is 0 Å². The van der Waals surface area contributed by atoms with Gasteiger partial charge in [-0.3, -0.25) is 9.69 Å². The Morgan fingerprint density at radius 2 is 2.24 bits per heavy atom. The number of hydrogen-bond acceptors (Lipinski definition) is 4. The van der Waals surface area contributed by atoms with Crippen molar-refractivity contribution in [3.05, 3.63) is 29.5 Å². The number of unbranched alkanes of at least 4 members (excludes halogenated alkanes) is 1. The first-order chi connectivity index (χ1) is 10.1. The minimum absolute atomic E-state index is 0.0303. The number of amides is 1. The molecule has 1 heterocycles. The Bertz CT molecular complexity index is 599. The summed E-state index contributed by atoms with van der Waals surface area (Å²) in [6, 6.07) is 4.95. The van der Waals surface area contributed by atoms with Crippen LogP contribution in [0.1, 0.15) is 25.3 Å². The first kappa shape index (κ1) is 15.3. The number of benzene rings is 1. The third-order valence-electron chi connectivity index (χ3n) is 3.21. The molecule has 6 heteroatoms. The maximum absolute atomic E-state index is 12.3. The van der Waals surface area contributed by atoms with E-state index in [0.717, 1.165) is 12.8 Å². The van der Waals surface area contributed by atoms with E-state index in [1.165, 1.54) is 7.11 Å². The molecule has 2 N–H and O–H groups in total. The van der Waals surface area contributed by atoms with Gasteiger partial charge in [-0.15, -0.1) is 0 Å². The van der Waals surface area contributed by atoms with Gasteiger partial charge in [0, 0.05) is 6.54 Å². The number of phenols is 1. The summed E-state index contributed by atoms with van der Waals surface area (Å²) in [5, 5.41) is 13.1. The van der Waals surface area contributed by atoms with E-state index < -0.39 is 0 Å². The van der Waals surface area contributed by atoms with Crippen molar-refractivity contribution in [2.45, 2.75) is 19.8 Å². The molecule has 0 saturated carbocycles. The fraction of sp³-hybridized carbons (Fsp3) is 0.333. The van der Waals surface area contributed by atoms with E-state index in [9.17, 15) is 9.90 Å². The third-order valence-corrected chi connectivity index (χ3v) is 3.53. The van der Waals surface area contributed by atoms with E-state index in [4.69, 9.17) is 17.0 Å². The molecular weight excluding hydrogens is 288 g/mol. The molecule has 0 atom stereocenters. The van der Waals surface area contributed by atoms with Crippen molar-refractivity contribution in [3.8, 4) is 11.5 Å². The van der Waals surface area contributed by atoms with Gasteiger partial charge in [0.05, 0.1) is 7.11 Å². The highest BCUT2D eigenvalue weighted by molar-refractivity contribution is 7.80. The quantitative estimate of drug-likeness (QED) is 0.645. The van der Waals surface area contributed by atoms with Gasteiger partial charge >= 0.3 is 0 Å². The van der Waals surface area contributed by atoms with Gasteiger partial charge in [0.2, 0.25) is 0 Å². The average Bonchev–Trinajstić information content (AvgIpc) is 2.72. The van der Waals surface area contributed by atoms with E-state index in [0.29, 0.717) is 28.7 Å². The first-order valence-electron chi connectivity index (χ1n) is 6.78. The zero-order chi connectivity index (χ0) is 15.4. The highest BCUT2D eigenvalue weighted by Gasteiger charge is 2.29. The zero-order valence-electron chi connectivity index (χ0n) is 12.0. The summed E-state index contributed by atoms with van der Waals surface area (Å²) in [7, 11) is 1.49. The van der Waals surface area contributed by atoms with Crippen LogP contribution in [0.15, 0.2) is 23.9 Å². The molecule has 2 rings (SSSR count). The lowest BCUT2D eigenvalue weighted by molar-refractivity contribution is -0.122. The van der Waals surface area contributed by atoms with Crippen LogP contribution < -0.4 is 10.1 Å². The van der Waals surface area contributed by atoms with Crippen LogP contribution in [-0.4, -0.2) is 34.7 Å². The molecule has 0 aromatic heterocycles. The van der Waals surface area contributed by atoms with Crippen molar-refractivity contribution >= 4 is 29.3 Å². The first-order valence-corrected chi connectivity index (χ1v) is 7.19. The molecular formula is C15H18N2O3S. The van der Waals surface area contributed by atoms with E-state index in [2.05, 4.69) is 12.2 Å². The molecule has 1 aromatic carbocycles. The standard InChI is InChI=1S/C15H18N2O3S/c1-3-4-7-17-14(19)11(16-15(17)21)8-10-5-6-13(20-2)12(18)9-10/h5-6,8-9,18H,3-4,7H2,1-2H3,(H,16,21). The summed E-state index contributed by atoms with van der Waals surface area (Å²) in [4.78, 5) is 13.8. The number of hydrogen-bond donors (Lipinski definition) is 2. The average molecular weight is 306 g/mol. The number of phenolic OH excluding ortho intramolecular Hbond substituents is 1. The highest BCUT2D eigenvalue weighted by atomic mass is 32.1. The van der Waals surface area contributed by atoms with Crippen LogP contribution in [0.5, 0.6) is 11.5 Å². The predicted octanol–water partition coefficient (Wildman–Crippen LogP) is 2.26. The molecule has 1 aliphatic rings. The second-order valence-electron chi connectivity index (χ2n) is 4.73. The van der Waals surface area contributed by atoms with Gasteiger partial charge in [0.15, 0.2) is 16.6 Å². The molecule has 21 heavy (non-hydrogen) atoms. The molecule has 5 nitrogen and oxygen atoms in total. The van der Waals surface area contributed by atoms with Gasteiger partial charge in [0.25, 0.3) is 5.91 Å². The lowest BCUT2D eigenvalue weighted by Gasteiger charge is -2.12. The Hall–Kier alpha value is -2.08. The molecule has 1 aliphatic heterocycles. The molecule has 1 fully saturated rings. The van der Waals surface area contributed by atoms with E-state index >= 15 is 0 Å². The number of rotatable bonds is 5. The van der Waals surface area contributed by atoms with Crippen molar-refractivity contribution in [1.82, 2.24) is 10.2 Å². The minimum atomic E-state index is -0.135. The molecule has 1 saturated heterocycles. The van der Waals surface area contributed by atoms with Crippen molar-refractivity contribution in [3.63, 3.8) is 0 Å². The number of ether oxygens (including phenoxy) is 1. The SMILES string of the molecule is CCCCN1C(=O)C(=Cc2ccc(OC)c(O)c2)NC1=S. The summed E-state index contributed by atoms with van der Waals surface area (Å²) >= 11 is 5.17. The van der Waals surface area contributed by atoms with E-state index in [-0.39, 0.29) is 11.7 Å². The molecule has 112 valence electrons. The second-order valence-corrected chi connectivity index (χ2v) is 5.12. The van der Waals surface area contributed by atoms with E-state index in [1.54, 1.807) is 29.2 Å². The van der Waals surface area contributed by atoms with Gasteiger partial charge in [-0.2, -0.15) is 0 Å². The van der Waals surface area contributed by atoms with Gasteiger partial charge < -0.3 is 15.2 Å². The number of methoxy groups -OCH3 is 1. The molecule has 1 amide bonds. The summed E-state index contributed by atoms with van der Waals surface area (Å²) in [5.74, 6) is 0.287. The largest absolute Gasteiger partial charge is 0.504 e. The Morgan fingerprint density at radius 3 is 2.86 bits per heavy atom. The Morgan fingerprint density at radius 1 is 1.48 bits per heavy atom. The van der Waals surface area contributed by atoms with Crippen LogP contribution in [0.4, 0.5) is 0 Å². The topological polar surface area (TPSA) is 61.8 Å². The third kappa shape index (κ3) is 3.33. The van der Waals surface area contributed by atoms with Crippen molar-refractivity contribution in [2.75, 3.05) is 13.7 Å². The summed E-state index contributed by atoms with van der Waals surface area (Å²) < 4.78 is 4.99. The van der Waals surface area contributed by atoms with Gasteiger partial charge in [-0.05, 0) is 42.4 Å². The molecule has 0 radical (unpaired) electrons. The van der Waals surface area contributed by atoms with Crippen LogP contribution >= 0.6 is 12.2 Å². The Kier molecular flexibility index (Phi) is 4.80. The lowest BCUT2D eigenvalue weighted by Crippen LogP contribution is -2.31. The van der Waals surface area contributed by atoms with Crippen molar-refractivity contribution < 1.29 is 14.6 Å². The Balaban J connectivity index is 2.20. The summed E-state index contributed by atoms with van der Waals surface area (Å²) in [5.41, 5.74) is 1.12. The van der Waals surface area contributed by atoms with Crippen LogP contribution in [0.3, 0.4) is 0 Å². The predicted molar refractivity (Wildman–Crippen MR) is 85.0 cm³/mol. The molecule has 1 aromatic rings. The maximum Gasteiger partial charge on any atom is 0.276 e. The maximum atomic E-state index is 12.3. The zero-order valence-corrected chi connectivity index (χ0v) is 12.9. The fourth-order valence-corrected chi connectivity index (χ4v) is 2.34. The van der Waals surface area contributed by atoms with E-state index in [1.807, 2.05) is 0 Å². The summed E-state index contributed by atoms with van der Waals surface area (Å²) in [6.45, 7) is 2.68. The number of carbonyl (C=O) groups excluding carboxylic acids is 1. The van der Waals surface area contributed by atoms with Gasteiger partial charge in [0.1, 0.15) is 5.70 Å². The fourth-order valence-electron chi connectivity index (χ4n) is 2.05. The normalized spacial score (nSPS) is 16.5. The van der Waals surface area contributed by atoms with Crippen molar-refractivity contribution in [2.24, 2.45) is 0 Å².